The van der Waals surface area contributed by atoms with Crippen LogP contribution in [0.5, 0.6) is 0 Å². The van der Waals surface area contributed by atoms with Crippen molar-refractivity contribution in [2.24, 2.45) is 0 Å². The smallest absolute Gasteiger partial charge is 0.257 e. The van der Waals surface area contributed by atoms with Crippen molar-refractivity contribution in [2.45, 2.75) is 24.3 Å². The number of carbonyl (C=O) groups is 2. The minimum atomic E-state index is -0.372. The number of aromatic nitrogens is 1. The zero-order chi connectivity index (χ0) is 17.8. The molecule has 0 spiro atoms. The maximum absolute atomic E-state index is 12.3. The Hall–Kier alpha value is -2.80. The lowest BCUT2D eigenvalue weighted by Gasteiger charge is -2.10. The quantitative estimate of drug-likeness (QED) is 0.678. The van der Waals surface area contributed by atoms with E-state index in [2.05, 4.69) is 15.6 Å². The first kappa shape index (κ1) is 17.0. The fourth-order valence-electron chi connectivity index (χ4n) is 2.19. The number of hydrogen-bond acceptors (Lipinski definition) is 5. The Labute approximate surface area is 149 Å². The normalized spacial score (nSPS) is 11.9. The Morgan fingerprint density at radius 2 is 1.68 bits per heavy atom. The second-order valence-corrected chi connectivity index (χ2v) is 6.75. The molecule has 3 aromatic rings. The summed E-state index contributed by atoms with van der Waals surface area (Å²) in [6.07, 6.45) is 0. The fourth-order valence-corrected chi connectivity index (χ4v) is 2.95. The van der Waals surface area contributed by atoms with Crippen molar-refractivity contribution < 1.29 is 14.0 Å². The van der Waals surface area contributed by atoms with Gasteiger partial charge in [0.1, 0.15) is 5.52 Å². The number of carbonyl (C=O) groups excluding carboxylic acids is 2. The van der Waals surface area contributed by atoms with Crippen molar-refractivity contribution in [3.63, 3.8) is 0 Å². The summed E-state index contributed by atoms with van der Waals surface area (Å²) in [5, 5.41) is 5.60. The molecule has 2 aromatic carbocycles. The molecule has 1 heterocycles. The van der Waals surface area contributed by atoms with Gasteiger partial charge in [-0.05, 0) is 43.3 Å². The second kappa shape index (κ2) is 7.40. The van der Waals surface area contributed by atoms with Crippen molar-refractivity contribution in [1.29, 1.82) is 0 Å². The number of amides is 2. The Kier molecular flexibility index (Phi) is 5.04. The second-order valence-electron chi connectivity index (χ2n) is 5.46. The molecular formula is C18H17N3O3S. The molecule has 0 aliphatic carbocycles. The van der Waals surface area contributed by atoms with Gasteiger partial charge < -0.3 is 15.1 Å². The molecule has 0 aliphatic heterocycles. The number of thioether (sulfide) groups is 1. The number of nitrogens with zero attached hydrogens (tertiary/aromatic N) is 1. The van der Waals surface area contributed by atoms with Crippen LogP contribution in [0, 0.1) is 0 Å². The highest BCUT2D eigenvalue weighted by atomic mass is 32.2. The summed E-state index contributed by atoms with van der Waals surface area (Å²) < 4.78 is 5.62. The first-order valence-corrected chi connectivity index (χ1v) is 8.60. The summed E-state index contributed by atoms with van der Waals surface area (Å²) in [5.41, 5.74) is 2.81. The van der Waals surface area contributed by atoms with E-state index in [4.69, 9.17) is 4.42 Å². The average Bonchev–Trinajstić information content (AvgIpc) is 2.98. The van der Waals surface area contributed by atoms with Gasteiger partial charge >= 0.3 is 0 Å². The van der Waals surface area contributed by atoms with Gasteiger partial charge in [0, 0.05) is 18.3 Å². The number of oxazole rings is 1. The van der Waals surface area contributed by atoms with E-state index in [1.54, 1.807) is 31.2 Å². The summed E-state index contributed by atoms with van der Waals surface area (Å²) in [5.74, 6) is -0.292. The molecule has 1 aromatic heterocycles. The summed E-state index contributed by atoms with van der Waals surface area (Å²) in [4.78, 5) is 27.7. The number of benzene rings is 2. The van der Waals surface area contributed by atoms with E-state index in [1.165, 1.54) is 18.7 Å². The van der Waals surface area contributed by atoms with Crippen LogP contribution < -0.4 is 10.6 Å². The van der Waals surface area contributed by atoms with Crippen LogP contribution >= 0.6 is 11.8 Å². The fraction of sp³-hybridized carbons (Fsp3) is 0.167. The van der Waals surface area contributed by atoms with Crippen molar-refractivity contribution in [2.75, 3.05) is 10.6 Å². The largest absolute Gasteiger partial charge is 0.431 e. The molecule has 0 bridgehead atoms. The Morgan fingerprint density at radius 1 is 1.04 bits per heavy atom. The van der Waals surface area contributed by atoms with Crippen molar-refractivity contribution in [3.8, 4) is 0 Å². The highest BCUT2D eigenvalue weighted by Gasteiger charge is 2.18. The molecule has 3 rings (SSSR count). The summed E-state index contributed by atoms with van der Waals surface area (Å²) in [6, 6.07) is 14.4. The third kappa shape index (κ3) is 4.39. The van der Waals surface area contributed by atoms with Gasteiger partial charge in [0.15, 0.2) is 5.58 Å². The highest BCUT2D eigenvalue weighted by molar-refractivity contribution is 8.00. The molecule has 6 nitrogen and oxygen atoms in total. The molecular weight excluding hydrogens is 338 g/mol. The summed E-state index contributed by atoms with van der Waals surface area (Å²) in [6.45, 7) is 3.24. The highest BCUT2D eigenvalue weighted by Crippen LogP contribution is 2.27. The van der Waals surface area contributed by atoms with E-state index in [0.29, 0.717) is 22.2 Å². The lowest BCUT2D eigenvalue weighted by molar-refractivity contribution is -0.115. The maximum Gasteiger partial charge on any atom is 0.257 e. The number of hydrogen-bond donors (Lipinski definition) is 2. The van der Waals surface area contributed by atoms with E-state index in [-0.39, 0.29) is 17.1 Å². The molecule has 0 saturated carbocycles. The maximum atomic E-state index is 12.3. The topological polar surface area (TPSA) is 84.2 Å². The first-order chi connectivity index (χ1) is 12.0. The van der Waals surface area contributed by atoms with E-state index < -0.39 is 0 Å². The van der Waals surface area contributed by atoms with Crippen LogP contribution in [-0.4, -0.2) is 22.0 Å². The molecule has 2 N–H and O–H groups in total. The average molecular weight is 355 g/mol. The predicted molar refractivity (Wildman–Crippen MR) is 98.7 cm³/mol. The van der Waals surface area contributed by atoms with E-state index in [9.17, 15) is 9.59 Å². The third-order valence-electron chi connectivity index (χ3n) is 3.39. The predicted octanol–water partition coefficient (Wildman–Crippen LogP) is 3.91. The molecule has 0 aliphatic rings. The molecule has 7 heteroatoms. The van der Waals surface area contributed by atoms with Crippen LogP contribution in [0.3, 0.4) is 0 Å². The molecule has 0 fully saturated rings. The van der Waals surface area contributed by atoms with Crippen molar-refractivity contribution in [3.05, 3.63) is 48.5 Å². The molecule has 0 saturated heterocycles. The van der Waals surface area contributed by atoms with Crippen molar-refractivity contribution in [1.82, 2.24) is 4.98 Å². The molecule has 1 unspecified atom stereocenters. The SMILES string of the molecule is CC(=O)Nc1ccc(NC(=O)C(C)Sc2nc3ccccc3o2)cc1. The number of anilines is 2. The Morgan fingerprint density at radius 3 is 2.32 bits per heavy atom. The van der Waals surface area contributed by atoms with Crippen LogP contribution in [0.15, 0.2) is 58.2 Å². The number of nitrogens with one attached hydrogen (secondary N) is 2. The van der Waals surface area contributed by atoms with Gasteiger partial charge in [-0.25, -0.2) is 4.98 Å². The van der Waals surface area contributed by atoms with Crippen LogP contribution in [0.2, 0.25) is 0 Å². The van der Waals surface area contributed by atoms with Gasteiger partial charge in [-0.2, -0.15) is 0 Å². The molecule has 25 heavy (non-hydrogen) atoms. The number of para-hydroxylation sites is 2. The van der Waals surface area contributed by atoms with Crippen molar-refractivity contribution >= 4 is 46.1 Å². The standard InChI is InChI=1S/C18H17N3O3S/c1-11(25-18-21-15-5-3-4-6-16(15)24-18)17(23)20-14-9-7-13(8-10-14)19-12(2)22/h3-11H,1-2H3,(H,19,22)(H,20,23). The Bertz CT molecular complexity index is 872. The van der Waals surface area contributed by atoms with Gasteiger partial charge in [-0.3, -0.25) is 9.59 Å². The van der Waals surface area contributed by atoms with E-state index in [0.717, 1.165) is 5.52 Å². The van der Waals surface area contributed by atoms with Gasteiger partial charge in [0.05, 0.1) is 5.25 Å². The van der Waals surface area contributed by atoms with Gasteiger partial charge in [0.25, 0.3) is 5.22 Å². The van der Waals surface area contributed by atoms with Gasteiger partial charge in [-0.15, -0.1) is 0 Å². The van der Waals surface area contributed by atoms with Crippen LogP contribution in [0.1, 0.15) is 13.8 Å². The van der Waals surface area contributed by atoms with Crippen LogP contribution in [-0.2, 0) is 9.59 Å². The van der Waals surface area contributed by atoms with Gasteiger partial charge in [0.2, 0.25) is 11.8 Å². The molecule has 2 amide bonds. The van der Waals surface area contributed by atoms with Crippen LogP contribution in [0.25, 0.3) is 11.1 Å². The summed E-state index contributed by atoms with van der Waals surface area (Å²) >= 11 is 1.26. The third-order valence-corrected chi connectivity index (χ3v) is 4.34. The number of rotatable bonds is 5. The van der Waals surface area contributed by atoms with E-state index >= 15 is 0 Å². The monoisotopic (exact) mass is 355 g/mol. The zero-order valence-electron chi connectivity index (χ0n) is 13.8. The molecule has 0 radical (unpaired) electrons. The van der Waals surface area contributed by atoms with Crippen LogP contribution in [0.4, 0.5) is 11.4 Å². The summed E-state index contributed by atoms with van der Waals surface area (Å²) in [7, 11) is 0. The zero-order valence-corrected chi connectivity index (χ0v) is 14.6. The molecule has 1 atom stereocenters. The van der Waals surface area contributed by atoms with E-state index in [1.807, 2.05) is 24.3 Å². The lowest BCUT2D eigenvalue weighted by Crippen LogP contribution is -2.22. The minimum Gasteiger partial charge on any atom is -0.431 e. The minimum absolute atomic E-state index is 0.139. The van der Waals surface area contributed by atoms with Gasteiger partial charge in [-0.1, -0.05) is 23.9 Å². The Balaban J connectivity index is 1.61. The molecule has 128 valence electrons. The lowest BCUT2D eigenvalue weighted by atomic mass is 10.2. The first-order valence-electron chi connectivity index (χ1n) is 7.72. The number of fused-ring (bicyclic) bond motifs is 1.